The van der Waals surface area contributed by atoms with Gasteiger partial charge in [0.05, 0.1) is 11.6 Å². The number of nitrogens with two attached hydrogens (primary N) is 1. The Hall–Kier alpha value is -2.26. The molecular weight excluding hydrogens is 306 g/mol. The number of halogens is 1. The molecule has 0 heterocycles. The fourth-order valence-corrected chi connectivity index (χ4v) is 1.76. The number of ether oxygens (including phenoxy) is 1. The van der Waals surface area contributed by atoms with E-state index in [4.69, 9.17) is 27.3 Å². The van der Waals surface area contributed by atoms with E-state index in [2.05, 4.69) is 11.4 Å². The molecule has 3 N–H and O–H groups in total. The molecule has 0 radical (unpaired) electrons. The van der Waals surface area contributed by atoms with E-state index in [1.165, 1.54) is 18.2 Å². The van der Waals surface area contributed by atoms with Gasteiger partial charge in [0.2, 0.25) is 0 Å². The molecule has 22 heavy (non-hydrogen) atoms. The molecule has 6 nitrogen and oxygen atoms in total. The maximum atomic E-state index is 11.9. The number of nitriles is 1. The van der Waals surface area contributed by atoms with Gasteiger partial charge in [0.25, 0.3) is 11.8 Å². The average Bonchev–Trinajstić information content (AvgIpc) is 2.45. The van der Waals surface area contributed by atoms with Crippen LogP contribution in [0.2, 0.25) is 5.02 Å². The van der Waals surface area contributed by atoms with Crippen LogP contribution >= 0.6 is 11.6 Å². The zero-order chi connectivity index (χ0) is 16.9. The molecule has 0 fully saturated rings. The van der Waals surface area contributed by atoms with Gasteiger partial charge in [-0.05, 0) is 31.0 Å². The lowest BCUT2D eigenvalue weighted by molar-refractivity contribution is -0.124. The highest BCUT2D eigenvalue weighted by atomic mass is 35.5. The molecule has 0 aliphatic rings. The maximum absolute atomic E-state index is 11.9. The van der Waals surface area contributed by atoms with Crippen molar-refractivity contribution in [2.24, 2.45) is 11.7 Å². The van der Waals surface area contributed by atoms with Crippen molar-refractivity contribution in [3.05, 3.63) is 28.8 Å². The number of rotatable bonds is 6. The number of primary amides is 1. The molecule has 2 amide bonds. The summed E-state index contributed by atoms with van der Waals surface area (Å²) in [5.74, 6) is -1.08. The van der Waals surface area contributed by atoms with Crippen LogP contribution in [-0.2, 0) is 4.79 Å². The predicted octanol–water partition coefficient (Wildman–Crippen LogP) is 1.87. The highest BCUT2D eigenvalue weighted by Crippen LogP contribution is 2.22. The molecule has 7 heteroatoms. The number of benzene rings is 1. The van der Waals surface area contributed by atoms with E-state index in [1.54, 1.807) is 6.92 Å². The number of nitrogens with zero attached hydrogens (tertiary/aromatic N) is 1. The quantitative estimate of drug-likeness (QED) is 0.833. The Kier molecular flexibility index (Phi) is 5.77. The summed E-state index contributed by atoms with van der Waals surface area (Å²) in [6, 6.07) is 6.41. The van der Waals surface area contributed by atoms with Gasteiger partial charge in [-0.1, -0.05) is 25.4 Å². The van der Waals surface area contributed by atoms with Crippen LogP contribution < -0.4 is 15.8 Å². The molecular formula is C15H18ClN3O3. The van der Waals surface area contributed by atoms with Gasteiger partial charge in [-0.15, -0.1) is 0 Å². The third-order valence-corrected chi connectivity index (χ3v) is 3.59. The second-order valence-corrected chi connectivity index (χ2v) is 5.75. The lowest BCUT2D eigenvalue weighted by atomic mass is 9.90. The second-order valence-electron chi connectivity index (χ2n) is 5.31. The Morgan fingerprint density at radius 3 is 2.64 bits per heavy atom. The third kappa shape index (κ3) is 4.37. The van der Waals surface area contributed by atoms with E-state index in [-0.39, 0.29) is 23.8 Å². The molecule has 1 aromatic rings. The number of hydrogen-bond acceptors (Lipinski definition) is 4. The van der Waals surface area contributed by atoms with Crippen LogP contribution in [0.3, 0.4) is 0 Å². The smallest absolute Gasteiger partial charge is 0.259 e. The van der Waals surface area contributed by atoms with Gasteiger partial charge in [-0.25, -0.2) is 0 Å². The predicted molar refractivity (Wildman–Crippen MR) is 82.5 cm³/mol. The summed E-state index contributed by atoms with van der Waals surface area (Å²) in [6.07, 6.45) is 0. The lowest BCUT2D eigenvalue weighted by Crippen LogP contribution is -2.50. The molecule has 1 aromatic carbocycles. The molecule has 0 aromatic heterocycles. The topological polar surface area (TPSA) is 105 Å². The number of carbonyl (C=O) groups excluding carboxylic acids is 2. The van der Waals surface area contributed by atoms with E-state index < -0.39 is 17.4 Å². The van der Waals surface area contributed by atoms with E-state index in [1.807, 2.05) is 13.8 Å². The van der Waals surface area contributed by atoms with E-state index in [0.29, 0.717) is 5.02 Å². The van der Waals surface area contributed by atoms with Gasteiger partial charge < -0.3 is 15.8 Å². The summed E-state index contributed by atoms with van der Waals surface area (Å²) in [5.41, 5.74) is 4.33. The Morgan fingerprint density at radius 1 is 1.50 bits per heavy atom. The Labute approximate surface area is 134 Å². The normalized spacial score (nSPS) is 13.1. The van der Waals surface area contributed by atoms with Crippen molar-refractivity contribution in [3.8, 4) is 11.8 Å². The summed E-state index contributed by atoms with van der Waals surface area (Å²) in [7, 11) is 0. The molecule has 1 unspecified atom stereocenters. The summed E-state index contributed by atoms with van der Waals surface area (Å²) in [5, 5.41) is 12.1. The van der Waals surface area contributed by atoms with Crippen molar-refractivity contribution in [2.45, 2.75) is 26.3 Å². The lowest BCUT2D eigenvalue weighted by Gasteiger charge is -2.27. The van der Waals surface area contributed by atoms with Crippen LogP contribution in [-0.4, -0.2) is 24.0 Å². The molecule has 1 atom stereocenters. The third-order valence-electron chi connectivity index (χ3n) is 3.35. The second kappa shape index (κ2) is 7.14. The van der Waals surface area contributed by atoms with Crippen LogP contribution in [0.1, 0.15) is 31.1 Å². The zero-order valence-corrected chi connectivity index (χ0v) is 13.4. The molecule has 118 valence electrons. The Bertz CT molecular complexity index is 625. The summed E-state index contributed by atoms with van der Waals surface area (Å²) in [4.78, 5) is 23.2. The monoisotopic (exact) mass is 323 g/mol. The van der Waals surface area contributed by atoms with Gasteiger partial charge in [-0.3, -0.25) is 9.59 Å². The first-order chi connectivity index (χ1) is 10.2. The number of carbonyl (C=O) groups is 2. The van der Waals surface area contributed by atoms with Crippen molar-refractivity contribution >= 4 is 23.4 Å². The standard InChI is InChI=1S/C15H18ClN3O3/c1-9(2)15(3,8-17)19-13(20)7-22-12-5-4-10(16)6-11(12)14(18)21/h4-6,9H,7H2,1-3H3,(H2,18,21)(H,19,20). The van der Waals surface area contributed by atoms with Crippen molar-refractivity contribution in [1.82, 2.24) is 5.32 Å². The molecule has 0 saturated heterocycles. The molecule has 0 bridgehead atoms. The zero-order valence-electron chi connectivity index (χ0n) is 12.6. The SMILES string of the molecule is CC(C)C(C)(C#N)NC(=O)COc1ccc(Cl)cc1C(N)=O. The average molecular weight is 324 g/mol. The minimum Gasteiger partial charge on any atom is -0.483 e. The van der Waals surface area contributed by atoms with Crippen molar-refractivity contribution in [3.63, 3.8) is 0 Å². The Balaban J connectivity index is 2.77. The van der Waals surface area contributed by atoms with Crippen molar-refractivity contribution in [2.75, 3.05) is 6.61 Å². The molecule has 0 aliphatic carbocycles. The van der Waals surface area contributed by atoms with Crippen molar-refractivity contribution in [1.29, 1.82) is 5.26 Å². The first kappa shape index (κ1) is 17.8. The number of hydrogen-bond donors (Lipinski definition) is 2. The summed E-state index contributed by atoms with van der Waals surface area (Å²) >= 11 is 5.79. The number of nitrogens with one attached hydrogen (secondary N) is 1. The minimum atomic E-state index is -0.993. The van der Waals surface area contributed by atoms with Crippen LogP contribution in [0, 0.1) is 17.2 Å². The van der Waals surface area contributed by atoms with Crippen LogP contribution in [0.25, 0.3) is 0 Å². The maximum Gasteiger partial charge on any atom is 0.259 e. The first-order valence-electron chi connectivity index (χ1n) is 6.64. The fraction of sp³-hybridized carbons (Fsp3) is 0.400. The molecule has 0 spiro atoms. The van der Waals surface area contributed by atoms with Gasteiger partial charge in [0.15, 0.2) is 6.61 Å². The first-order valence-corrected chi connectivity index (χ1v) is 7.02. The van der Waals surface area contributed by atoms with Crippen LogP contribution in [0.5, 0.6) is 5.75 Å². The molecule has 1 rings (SSSR count). The van der Waals surface area contributed by atoms with Gasteiger partial charge >= 0.3 is 0 Å². The fourth-order valence-electron chi connectivity index (χ4n) is 1.59. The van der Waals surface area contributed by atoms with E-state index in [0.717, 1.165) is 0 Å². The molecule has 0 saturated carbocycles. The largest absolute Gasteiger partial charge is 0.483 e. The van der Waals surface area contributed by atoms with E-state index >= 15 is 0 Å². The Morgan fingerprint density at radius 2 is 2.14 bits per heavy atom. The van der Waals surface area contributed by atoms with Crippen LogP contribution in [0.15, 0.2) is 18.2 Å². The highest BCUT2D eigenvalue weighted by Gasteiger charge is 2.30. The van der Waals surface area contributed by atoms with Crippen molar-refractivity contribution < 1.29 is 14.3 Å². The van der Waals surface area contributed by atoms with Gasteiger partial charge in [0.1, 0.15) is 11.3 Å². The highest BCUT2D eigenvalue weighted by molar-refractivity contribution is 6.31. The van der Waals surface area contributed by atoms with Crippen LogP contribution in [0.4, 0.5) is 0 Å². The minimum absolute atomic E-state index is 0.0711. The summed E-state index contributed by atoms with van der Waals surface area (Å²) in [6.45, 7) is 4.95. The van der Waals surface area contributed by atoms with E-state index in [9.17, 15) is 9.59 Å². The van der Waals surface area contributed by atoms with Gasteiger partial charge in [0, 0.05) is 5.02 Å². The van der Waals surface area contributed by atoms with Gasteiger partial charge in [-0.2, -0.15) is 5.26 Å². The number of amides is 2. The summed E-state index contributed by atoms with van der Waals surface area (Å²) < 4.78 is 5.30. The molecule has 0 aliphatic heterocycles.